The molecule has 1 aliphatic rings. The summed E-state index contributed by atoms with van der Waals surface area (Å²) in [6.45, 7) is 1.02. The predicted octanol–water partition coefficient (Wildman–Crippen LogP) is 0.146. The van der Waals surface area contributed by atoms with Crippen molar-refractivity contribution in [3.63, 3.8) is 0 Å². The van der Waals surface area contributed by atoms with Gasteiger partial charge in [0.25, 0.3) is 16.3 Å². The molecule has 0 aliphatic carbocycles. The van der Waals surface area contributed by atoms with Crippen LogP contribution >= 0.6 is 0 Å². The van der Waals surface area contributed by atoms with Crippen molar-refractivity contribution in [1.29, 1.82) is 0 Å². The Morgan fingerprint density at radius 3 is 2.57 bits per heavy atom. The monoisotopic (exact) mass is 114 g/mol. The Morgan fingerprint density at radius 1 is 1.43 bits per heavy atom. The lowest BCUT2D eigenvalue weighted by Crippen LogP contribution is -2.18. The molecule has 0 N–H and O–H groups in total. The van der Waals surface area contributed by atoms with Gasteiger partial charge in [0, 0.05) is 6.61 Å². The van der Waals surface area contributed by atoms with E-state index in [-0.39, 0.29) is 0 Å². The smallest absolute Gasteiger partial charge is 0.258 e. The normalized spacial score (nSPS) is 32.9. The van der Waals surface area contributed by atoms with Gasteiger partial charge in [-0.1, -0.05) is 0 Å². The minimum atomic E-state index is 0.675. The van der Waals surface area contributed by atoms with Gasteiger partial charge in [-0.3, -0.25) is 0 Å². The van der Waals surface area contributed by atoms with E-state index in [1.807, 2.05) is 0 Å². The third-order valence-electron chi connectivity index (χ3n) is 1.41. The Balaban J connectivity index is 2.12. The molecule has 0 saturated carbocycles. The number of hydrogen-bond donors (Lipinski definition) is 0. The van der Waals surface area contributed by atoms with Gasteiger partial charge in [-0.25, -0.2) is 0 Å². The van der Waals surface area contributed by atoms with Crippen LogP contribution in [0.3, 0.4) is 0 Å². The Kier molecular flexibility index (Phi) is 2.18. The van der Waals surface area contributed by atoms with Crippen LogP contribution in [-0.4, -0.2) is 27.9 Å². The van der Waals surface area contributed by atoms with Crippen LogP contribution in [0.25, 0.3) is 0 Å². The molecule has 0 amide bonds. The lowest BCUT2D eigenvalue weighted by Gasteiger charge is -2.17. The highest BCUT2D eigenvalue weighted by Gasteiger charge is 2.05. The van der Waals surface area contributed by atoms with Crippen LogP contribution in [0.2, 0.25) is 0 Å². The van der Waals surface area contributed by atoms with Crippen molar-refractivity contribution in [3.05, 3.63) is 0 Å². The van der Waals surface area contributed by atoms with Crippen LogP contribution < -0.4 is 0 Å². The molecule has 1 unspecified atom stereocenters. The van der Waals surface area contributed by atoms with Gasteiger partial charge in [0.1, 0.15) is 0 Å². The van der Waals surface area contributed by atoms with Crippen LogP contribution in [0.5, 0.6) is 0 Å². The van der Waals surface area contributed by atoms with E-state index in [9.17, 15) is 0 Å². The third-order valence-corrected chi connectivity index (χ3v) is 2.32. The van der Waals surface area contributed by atoms with Crippen molar-refractivity contribution in [3.8, 4) is 0 Å². The van der Waals surface area contributed by atoms with Crippen molar-refractivity contribution in [2.45, 2.75) is 24.2 Å². The molecule has 1 heterocycles. The lowest BCUT2D eigenvalue weighted by molar-refractivity contribution is 0.0675. The minimum Gasteiger partial charge on any atom is -0.394 e. The van der Waals surface area contributed by atoms with E-state index in [1.165, 1.54) is 35.6 Å². The fraction of sp³-hybridized carbons (Fsp3) is 1.00. The van der Waals surface area contributed by atoms with Gasteiger partial charge in [-0.2, -0.15) is 0 Å². The fourth-order valence-corrected chi connectivity index (χ4v) is 1.55. The molecule has 1 saturated heterocycles. The maximum absolute atomic E-state index is 5.34. The van der Waals surface area contributed by atoms with Gasteiger partial charge in [-0.05, 0) is 24.2 Å². The van der Waals surface area contributed by atoms with Gasteiger partial charge in [0.2, 0.25) is 0 Å². The van der Waals surface area contributed by atoms with Crippen LogP contribution in [0.1, 0.15) is 19.3 Å². The predicted molar refractivity (Wildman–Crippen MR) is 32.1 cm³/mol. The molecular weight excluding hydrogens is 103 g/mol. The number of hydrogen-bond acceptors (Lipinski definition) is 1. The van der Waals surface area contributed by atoms with Crippen molar-refractivity contribution in [1.82, 2.24) is 0 Å². The second kappa shape index (κ2) is 2.72. The average molecular weight is 114 g/mol. The largest absolute Gasteiger partial charge is 0.394 e. The Morgan fingerprint density at radius 2 is 2.29 bits per heavy atom. The first-order valence-electron chi connectivity index (χ1n) is 3.01. The average Bonchev–Trinajstić information content (AvgIpc) is 1.69. The Bertz CT molecular complexity index is 50.0. The van der Waals surface area contributed by atoms with Crippen LogP contribution in [-0.2, 0) is 4.74 Å². The zero-order valence-electron chi connectivity index (χ0n) is 4.81. The highest BCUT2D eigenvalue weighted by atomic mass is 27.0. The summed E-state index contributed by atoms with van der Waals surface area (Å²) < 4.78 is 5.34. The number of rotatable bonds is 0. The van der Waals surface area contributed by atoms with Gasteiger partial charge in [0.15, 0.2) is 0 Å². The first-order valence-corrected chi connectivity index (χ1v) is 4.16. The molecule has 0 radical (unpaired) electrons. The molecule has 7 heavy (non-hydrogen) atoms. The van der Waals surface area contributed by atoms with E-state index >= 15 is 0 Å². The van der Waals surface area contributed by atoms with Gasteiger partial charge < -0.3 is 4.74 Å². The quantitative estimate of drug-likeness (QED) is 0.407. The molecule has 0 aromatic rings. The fourth-order valence-electron chi connectivity index (χ4n) is 0.902. The van der Waals surface area contributed by atoms with Crippen LogP contribution in [0, 0.1) is 0 Å². The molecular formula is C5H11AlO. The van der Waals surface area contributed by atoms with E-state index < -0.39 is 0 Å². The molecule has 2 heteroatoms. The van der Waals surface area contributed by atoms with Crippen LogP contribution in [0.15, 0.2) is 0 Å². The molecule has 1 nitrogen and oxygen atoms in total. The van der Waals surface area contributed by atoms with E-state index in [0.717, 1.165) is 6.61 Å². The third kappa shape index (κ3) is 1.82. The standard InChI is InChI=1S/C5H9O.Al.2H/c1-2-4-6-5-3-1;;;/h4H,1-3,5H2;;;. The molecule has 1 aliphatic heterocycles. The first kappa shape index (κ1) is 5.63. The van der Waals surface area contributed by atoms with Crippen molar-refractivity contribution < 1.29 is 4.74 Å². The topological polar surface area (TPSA) is 9.23 Å². The lowest BCUT2D eigenvalue weighted by atomic mass is 10.2. The van der Waals surface area contributed by atoms with Gasteiger partial charge in [0.05, 0.1) is 0 Å². The van der Waals surface area contributed by atoms with Crippen molar-refractivity contribution >= 4 is 16.3 Å². The summed E-state index contributed by atoms with van der Waals surface area (Å²) in [4.78, 5) is 0.675. The summed E-state index contributed by atoms with van der Waals surface area (Å²) >= 11 is 1.23. The summed E-state index contributed by atoms with van der Waals surface area (Å²) in [5.74, 6) is 0. The molecule has 1 fully saturated rings. The zero-order chi connectivity index (χ0) is 5.11. The SMILES string of the molecule is [AlH2][CH]1CCCCO1. The maximum Gasteiger partial charge on any atom is 0.258 e. The van der Waals surface area contributed by atoms with E-state index in [1.54, 1.807) is 0 Å². The van der Waals surface area contributed by atoms with Crippen molar-refractivity contribution in [2.75, 3.05) is 6.61 Å². The molecule has 1 rings (SSSR count). The summed E-state index contributed by atoms with van der Waals surface area (Å²) in [5.41, 5.74) is 0. The van der Waals surface area contributed by atoms with E-state index in [4.69, 9.17) is 4.74 Å². The molecule has 40 valence electrons. The van der Waals surface area contributed by atoms with Gasteiger partial charge in [-0.15, -0.1) is 0 Å². The molecule has 0 bridgehead atoms. The summed E-state index contributed by atoms with van der Waals surface area (Å²) in [6.07, 6.45) is 4.01. The second-order valence-corrected chi connectivity index (χ2v) is 3.47. The van der Waals surface area contributed by atoms with E-state index in [2.05, 4.69) is 0 Å². The summed E-state index contributed by atoms with van der Waals surface area (Å²) in [7, 11) is 0. The molecule has 1 atom stereocenters. The first-order chi connectivity index (χ1) is 3.39. The van der Waals surface area contributed by atoms with E-state index in [0.29, 0.717) is 4.97 Å². The number of ether oxygens (including phenoxy) is 1. The van der Waals surface area contributed by atoms with Crippen molar-refractivity contribution in [2.24, 2.45) is 0 Å². The minimum absolute atomic E-state index is 0.675. The van der Waals surface area contributed by atoms with Crippen LogP contribution in [0.4, 0.5) is 0 Å². The molecule has 0 aromatic carbocycles. The summed E-state index contributed by atoms with van der Waals surface area (Å²) in [6, 6.07) is 0. The highest BCUT2D eigenvalue weighted by Crippen LogP contribution is 2.08. The Hall–Kier alpha value is 0.492. The van der Waals surface area contributed by atoms with Gasteiger partial charge >= 0.3 is 0 Å². The zero-order valence-corrected chi connectivity index (χ0v) is 6.81. The maximum atomic E-state index is 5.34. The molecule has 0 spiro atoms. The summed E-state index contributed by atoms with van der Waals surface area (Å²) in [5, 5.41) is 0. The molecule has 0 aromatic heterocycles. The second-order valence-electron chi connectivity index (χ2n) is 2.18. The highest BCUT2D eigenvalue weighted by molar-refractivity contribution is 6.10. The Labute approximate surface area is 52.5 Å².